The van der Waals surface area contributed by atoms with Crippen molar-refractivity contribution in [3.63, 3.8) is 0 Å². The molecule has 3 heteroatoms. The van der Waals surface area contributed by atoms with Crippen LogP contribution >= 0.6 is 0 Å². The van der Waals surface area contributed by atoms with E-state index in [0.717, 1.165) is 36.1 Å². The third-order valence-corrected chi connectivity index (χ3v) is 8.86. The van der Waals surface area contributed by atoms with Crippen LogP contribution in [0.25, 0.3) is 11.4 Å². The molecule has 0 atom stereocenters. The Morgan fingerprint density at radius 2 is 1.26 bits per heavy atom. The van der Waals surface area contributed by atoms with E-state index in [1.807, 2.05) is 12.4 Å². The number of aromatic nitrogens is 2. The van der Waals surface area contributed by atoms with Crippen LogP contribution in [0.4, 0.5) is 0 Å². The molecule has 3 rings (SSSR count). The number of benzene rings is 1. The molecule has 0 amide bonds. The zero-order chi connectivity index (χ0) is 27.5. The van der Waals surface area contributed by atoms with Crippen LogP contribution in [0.5, 0.6) is 5.75 Å². The lowest BCUT2D eigenvalue weighted by molar-refractivity contribution is 0.177. The van der Waals surface area contributed by atoms with Gasteiger partial charge in [0.25, 0.3) is 0 Å². The summed E-state index contributed by atoms with van der Waals surface area (Å²) in [5.41, 5.74) is 3.50. The zero-order valence-electron chi connectivity index (χ0n) is 25.7. The number of rotatable bonds is 20. The number of nitrogens with zero attached hydrogens (tertiary/aromatic N) is 2. The monoisotopic (exact) mass is 534 g/mol. The lowest BCUT2D eigenvalue weighted by atomic mass is 9.80. The average Bonchev–Trinajstić information content (AvgIpc) is 2.96. The molecule has 1 heterocycles. The molecule has 0 unspecified atom stereocenters. The molecular formula is C36H58N2O. The van der Waals surface area contributed by atoms with Gasteiger partial charge in [0.05, 0.1) is 6.61 Å². The first-order valence-electron chi connectivity index (χ1n) is 16.7. The highest BCUT2D eigenvalue weighted by atomic mass is 16.5. The van der Waals surface area contributed by atoms with Crippen LogP contribution in [0.15, 0.2) is 30.6 Å². The topological polar surface area (TPSA) is 35.0 Å². The maximum absolute atomic E-state index is 6.31. The third kappa shape index (κ3) is 12.4. The van der Waals surface area contributed by atoms with Crippen molar-refractivity contribution >= 4 is 0 Å². The van der Waals surface area contributed by atoms with Crippen molar-refractivity contribution in [3.05, 3.63) is 41.7 Å². The van der Waals surface area contributed by atoms with Crippen LogP contribution in [0, 0.1) is 18.8 Å². The van der Waals surface area contributed by atoms with Gasteiger partial charge in [0.2, 0.25) is 0 Å². The van der Waals surface area contributed by atoms with Gasteiger partial charge in [-0.05, 0) is 73.8 Å². The first-order chi connectivity index (χ1) is 19.2. The number of unbranched alkanes of at least 4 members (excludes halogenated alkanes) is 12. The summed E-state index contributed by atoms with van der Waals surface area (Å²) in [6.07, 6.45) is 31.3. The van der Waals surface area contributed by atoms with Gasteiger partial charge < -0.3 is 4.74 Å². The molecule has 1 aromatic heterocycles. The van der Waals surface area contributed by atoms with E-state index in [1.54, 1.807) is 0 Å². The van der Waals surface area contributed by atoms with Gasteiger partial charge in [-0.15, -0.1) is 0 Å². The molecule has 1 aliphatic carbocycles. The highest BCUT2D eigenvalue weighted by Crippen LogP contribution is 2.33. The van der Waals surface area contributed by atoms with E-state index >= 15 is 0 Å². The molecule has 1 aromatic carbocycles. The van der Waals surface area contributed by atoms with Crippen LogP contribution in [-0.2, 0) is 6.42 Å². The number of hydrogen-bond acceptors (Lipinski definition) is 3. The highest BCUT2D eigenvalue weighted by Gasteiger charge is 2.21. The van der Waals surface area contributed by atoms with Crippen molar-refractivity contribution < 1.29 is 4.74 Å². The summed E-state index contributed by atoms with van der Waals surface area (Å²) in [4.78, 5) is 9.35. The molecule has 0 radical (unpaired) electrons. The van der Waals surface area contributed by atoms with Crippen LogP contribution in [0.2, 0.25) is 0 Å². The van der Waals surface area contributed by atoms with E-state index in [1.165, 1.54) is 133 Å². The van der Waals surface area contributed by atoms with Crippen molar-refractivity contribution in [1.29, 1.82) is 0 Å². The van der Waals surface area contributed by atoms with E-state index in [0.29, 0.717) is 5.92 Å². The zero-order valence-corrected chi connectivity index (χ0v) is 25.7. The lowest BCUT2D eigenvalue weighted by Gasteiger charge is -2.28. The van der Waals surface area contributed by atoms with Crippen molar-refractivity contribution in [2.24, 2.45) is 11.8 Å². The number of aryl methyl sites for hydroxylation is 2. The van der Waals surface area contributed by atoms with Crippen molar-refractivity contribution in [3.8, 4) is 17.1 Å². The summed E-state index contributed by atoms with van der Waals surface area (Å²) in [5.74, 6) is 3.49. The quantitative estimate of drug-likeness (QED) is 0.158. The van der Waals surface area contributed by atoms with E-state index < -0.39 is 0 Å². The minimum atomic E-state index is 0.710. The molecule has 0 aliphatic heterocycles. The molecule has 1 aliphatic rings. The Bertz CT molecular complexity index is 885. The van der Waals surface area contributed by atoms with Crippen molar-refractivity contribution in [2.45, 2.75) is 149 Å². The smallest absolute Gasteiger partial charge is 0.159 e. The fraction of sp³-hybridized carbons (Fsp3) is 0.722. The fourth-order valence-electron chi connectivity index (χ4n) is 6.15. The van der Waals surface area contributed by atoms with Gasteiger partial charge in [0.15, 0.2) is 5.82 Å². The molecule has 0 saturated heterocycles. The number of hydrogen-bond donors (Lipinski definition) is 0. The van der Waals surface area contributed by atoms with Gasteiger partial charge >= 0.3 is 0 Å². The van der Waals surface area contributed by atoms with Gasteiger partial charge in [0, 0.05) is 18.0 Å². The molecule has 0 N–H and O–H groups in total. The largest absolute Gasteiger partial charge is 0.493 e. The van der Waals surface area contributed by atoms with Crippen LogP contribution in [0.1, 0.15) is 147 Å². The number of ether oxygens (including phenoxy) is 1. The second-order valence-electron chi connectivity index (χ2n) is 12.4. The molecule has 0 bridgehead atoms. The molecule has 1 saturated carbocycles. The normalized spacial score (nSPS) is 17.4. The Kier molecular flexibility index (Phi) is 15.6. The van der Waals surface area contributed by atoms with Crippen molar-refractivity contribution in [1.82, 2.24) is 9.97 Å². The van der Waals surface area contributed by atoms with Gasteiger partial charge in [-0.3, -0.25) is 0 Å². The Morgan fingerprint density at radius 1 is 0.692 bits per heavy atom. The summed E-state index contributed by atoms with van der Waals surface area (Å²) in [6.45, 7) is 7.57. The molecule has 218 valence electrons. The Balaban J connectivity index is 1.32. The van der Waals surface area contributed by atoms with E-state index in [9.17, 15) is 0 Å². The third-order valence-electron chi connectivity index (χ3n) is 8.86. The first-order valence-corrected chi connectivity index (χ1v) is 16.7. The van der Waals surface area contributed by atoms with Crippen LogP contribution in [0.3, 0.4) is 0 Å². The SMILES string of the molecule is CCCCCCCCCc1cnc(-c2ccc(OCC3CCC(CCCCCCCCC)CC3)c(C)c2)nc1. The second-order valence-corrected chi connectivity index (χ2v) is 12.4. The Morgan fingerprint density at radius 3 is 1.87 bits per heavy atom. The summed E-state index contributed by atoms with van der Waals surface area (Å²) < 4.78 is 6.31. The van der Waals surface area contributed by atoms with Gasteiger partial charge in [-0.1, -0.05) is 117 Å². The Hall–Kier alpha value is -1.90. The molecule has 3 nitrogen and oxygen atoms in total. The Labute approximate surface area is 241 Å². The lowest BCUT2D eigenvalue weighted by Crippen LogP contribution is -2.20. The summed E-state index contributed by atoms with van der Waals surface area (Å²) in [5, 5.41) is 0. The second kappa shape index (κ2) is 19.2. The summed E-state index contributed by atoms with van der Waals surface area (Å²) in [7, 11) is 0. The van der Waals surface area contributed by atoms with E-state index in [-0.39, 0.29) is 0 Å². The molecule has 0 spiro atoms. The fourth-order valence-corrected chi connectivity index (χ4v) is 6.15. The maximum Gasteiger partial charge on any atom is 0.159 e. The minimum Gasteiger partial charge on any atom is -0.493 e. The highest BCUT2D eigenvalue weighted by molar-refractivity contribution is 5.58. The maximum atomic E-state index is 6.31. The molecule has 2 aromatic rings. The standard InChI is InChI=1S/C36H58N2O/c1-4-6-8-10-12-14-16-18-31-20-22-32(23-21-31)29-39-35-25-24-34(26-30(35)3)36-37-27-33(28-38-36)19-17-15-13-11-9-7-5-2/h24-28,31-32H,4-23,29H2,1-3H3. The summed E-state index contributed by atoms with van der Waals surface area (Å²) in [6, 6.07) is 6.42. The van der Waals surface area contributed by atoms with Crippen LogP contribution < -0.4 is 4.74 Å². The molecular weight excluding hydrogens is 476 g/mol. The van der Waals surface area contributed by atoms with Crippen LogP contribution in [-0.4, -0.2) is 16.6 Å². The van der Waals surface area contributed by atoms with E-state index in [2.05, 4.69) is 48.9 Å². The van der Waals surface area contributed by atoms with Gasteiger partial charge in [-0.2, -0.15) is 0 Å². The molecule has 1 fully saturated rings. The van der Waals surface area contributed by atoms with Gasteiger partial charge in [0.1, 0.15) is 5.75 Å². The van der Waals surface area contributed by atoms with E-state index in [4.69, 9.17) is 4.74 Å². The molecule has 39 heavy (non-hydrogen) atoms. The first kappa shape index (κ1) is 31.6. The average molecular weight is 535 g/mol. The predicted octanol–water partition coefficient (Wildman–Crippen LogP) is 11.1. The predicted molar refractivity (Wildman–Crippen MR) is 167 cm³/mol. The van der Waals surface area contributed by atoms with Crippen molar-refractivity contribution in [2.75, 3.05) is 6.61 Å². The van der Waals surface area contributed by atoms with Gasteiger partial charge in [-0.25, -0.2) is 9.97 Å². The summed E-state index contributed by atoms with van der Waals surface area (Å²) >= 11 is 0. The minimum absolute atomic E-state index is 0.710.